The lowest BCUT2D eigenvalue weighted by molar-refractivity contribution is -0.141. The normalized spacial score (nSPS) is 24.0. The Morgan fingerprint density at radius 1 is 1.32 bits per heavy atom. The lowest BCUT2D eigenvalue weighted by Crippen LogP contribution is -2.47. The summed E-state index contributed by atoms with van der Waals surface area (Å²) in [6, 6.07) is 0. The monoisotopic (exact) mass is 390 g/mol. The van der Waals surface area contributed by atoms with Crippen molar-refractivity contribution < 1.29 is 14.3 Å². The molecule has 1 aliphatic heterocycles. The van der Waals surface area contributed by atoms with Crippen molar-refractivity contribution in [3.63, 3.8) is 0 Å². The largest absolute Gasteiger partial charge is 0.469 e. The van der Waals surface area contributed by atoms with Crippen LogP contribution in [-0.2, 0) is 14.3 Å². The zero-order valence-electron chi connectivity index (χ0n) is 18.0. The van der Waals surface area contributed by atoms with Crippen molar-refractivity contribution in [2.75, 3.05) is 46.4 Å². The summed E-state index contributed by atoms with van der Waals surface area (Å²) in [5, 5.41) is 0. The van der Waals surface area contributed by atoms with Crippen LogP contribution in [0.2, 0.25) is 0 Å². The summed E-state index contributed by atoms with van der Waals surface area (Å²) in [4.78, 5) is 16.2. The molecule has 0 aromatic carbocycles. The van der Waals surface area contributed by atoms with Crippen LogP contribution in [0.4, 0.5) is 0 Å². The van der Waals surface area contributed by atoms with Crippen LogP contribution in [0.25, 0.3) is 0 Å². The number of nitrogens with zero attached hydrogens (tertiary/aromatic N) is 2. The lowest BCUT2D eigenvalue weighted by atomic mass is 9.91. The van der Waals surface area contributed by atoms with E-state index in [0.717, 1.165) is 65.0 Å². The van der Waals surface area contributed by atoms with Crippen LogP contribution in [0, 0.1) is 5.92 Å². The second-order valence-electron chi connectivity index (χ2n) is 7.80. The maximum absolute atomic E-state index is 11.3. The molecular formula is C23H38N2O3. The van der Waals surface area contributed by atoms with Crippen LogP contribution in [0.5, 0.6) is 0 Å². The molecule has 0 saturated carbocycles. The van der Waals surface area contributed by atoms with Crippen LogP contribution in [0.1, 0.15) is 46.0 Å². The second kappa shape index (κ2) is 12.1. The maximum Gasteiger partial charge on any atom is 0.306 e. The van der Waals surface area contributed by atoms with Gasteiger partial charge in [0.15, 0.2) is 0 Å². The average Bonchev–Trinajstić information content (AvgIpc) is 2.73. The van der Waals surface area contributed by atoms with E-state index in [1.807, 2.05) is 6.08 Å². The predicted molar refractivity (Wildman–Crippen MR) is 114 cm³/mol. The molecule has 158 valence electrons. The van der Waals surface area contributed by atoms with Crippen molar-refractivity contribution in [3.05, 3.63) is 36.1 Å². The fourth-order valence-electron chi connectivity index (χ4n) is 3.93. The lowest BCUT2D eigenvalue weighted by Gasteiger charge is -2.40. The number of rotatable bonds is 10. The molecule has 2 aliphatic rings. The summed E-state index contributed by atoms with van der Waals surface area (Å²) in [7, 11) is 1.45. The third-order valence-electron chi connectivity index (χ3n) is 5.88. The van der Waals surface area contributed by atoms with Gasteiger partial charge in [-0.2, -0.15) is 0 Å². The van der Waals surface area contributed by atoms with Crippen molar-refractivity contribution in [2.45, 2.75) is 52.1 Å². The van der Waals surface area contributed by atoms with Crippen molar-refractivity contribution in [1.82, 2.24) is 9.80 Å². The molecule has 2 rings (SSSR count). The van der Waals surface area contributed by atoms with Gasteiger partial charge in [-0.05, 0) is 31.3 Å². The highest BCUT2D eigenvalue weighted by Crippen LogP contribution is 2.29. The molecule has 0 radical (unpaired) electrons. The van der Waals surface area contributed by atoms with Gasteiger partial charge in [-0.1, -0.05) is 32.1 Å². The van der Waals surface area contributed by atoms with E-state index in [1.54, 1.807) is 0 Å². The van der Waals surface area contributed by atoms with Gasteiger partial charge in [0.05, 0.1) is 26.2 Å². The molecule has 1 fully saturated rings. The number of carbonyl (C=O) groups excluding carboxylic acids is 1. The molecule has 0 bridgehead atoms. The number of methoxy groups -OCH3 is 1. The minimum absolute atomic E-state index is 0.122. The molecule has 0 aromatic heterocycles. The Morgan fingerprint density at radius 2 is 2.07 bits per heavy atom. The van der Waals surface area contributed by atoms with E-state index in [2.05, 4.69) is 42.4 Å². The van der Waals surface area contributed by atoms with Gasteiger partial charge < -0.3 is 14.4 Å². The topological polar surface area (TPSA) is 42.0 Å². The molecule has 0 aromatic rings. The van der Waals surface area contributed by atoms with Crippen molar-refractivity contribution >= 4 is 5.97 Å². The van der Waals surface area contributed by atoms with Crippen molar-refractivity contribution in [1.29, 1.82) is 0 Å². The minimum atomic E-state index is -0.122. The molecule has 2 atom stereocenters. The van der Waals surface area contributed by atoms with Crippen LogP contribution >= 0.6 is 0 Å². The smallest absolute Gasteiger partial charge is 0.306 e. The van der Waals surface area contributed by atoms with Gasteiger partial charge in [-0.3, -0.25) is 9.69 Å². The van der Waals surface area contributed by atoms with Crippen molar-refractivity contribution in [3.8, 4) is 0 Å². The van der Waals surface area contributed by atoms with Crippen LogP contribution in [0.3, 0.4) is 0 Å². The van der Waals surface area contributed by atoms with E-state index in [0.29, 0.717) is 18.4 Å². The summed E-state index contributed by atoms with van der Waals surface area (Å²) in [5.41, 5.74) is 2.84. The number of carbonyl (C=O) groups is 1. The first-order chi connectivity index (χ1) is 13.6. The number of hydrogen-bond acceptors (Lipinski definition) is 5. The van der Waals surface area contributed by atoms with Crippen LogP contribution < -0.4 is 0 Å². The Kier molecular flexibility index (Phi) is 9.79. The fourth-order valence-corrected chi connectivity index (χ4v) is 3.93. The second-order valence-corrected chi connectivity index (χ2v) is 7.80. The maximum atomic E-state index is 11.3. The minimum Gasteiger partial charge on any atom is -0.469 e. The fraction of sp³-hybridized carbons (Fsp3) is 0.696. The number of esters is 1. The number of allylic oxidation sites excluding steroid dienone is 3. The van der Waals surface area contributed by atoms with E-state index in [-0.39, 0.29) is 5.97 Å². The highest BCUT2D eigenvalue weighted by Gasteiger charge is 2.26. The molecule has 1 aliphatic carbocycles. The Balaban J connectivity index is 1.77. The zero-order valence-corrected chi connectivity index (χ0v) is 18.0. The molecule has 5 heteroatoms. The van der Waals surface area contributed by atoms with Crippen LogP contribution in [0.15, 0.2) is 36.1 Å². The van der Waals surface area contributed by atoms with Gasteiger partial charge in [-0.15, -0.1) is 6.58 Å². The molecule has 0 N–H and O–H groups in total. The van der Waals surface area contributed by atoms with Gasteiger partial charge in [0.25, 0.3) is 0 Å². The van der Waals surface area contributed by atoms with E-state index < -0.39 is 0 Å². The summed E-state index contributed by atoms with van der Waals surface area (Å²) in [5.74, 6) is 0.321. The Labute approximate surface area is 171 Å². The SMILES string of the molecule is C=CCC=C(CC)COC1CCC(N2CCN(CCC(=O)OC)CC2)=CC1C. The molecule has 1 heterocycles. The van der Waals surface area contributed by atoms with E-state index in [4.69, 9.17) is 9.47 Å². The van der Waals surface area contributed by atoms with E-state index in [9.17, 15) is 4.79 Å². The van der Waals surface area contributed by atoms with E-state index in [1.165, 1.54) is 18.4 Å². The highest BCUT2D eigenvalue weighted by atomic mass is 16.5. The summed E-state index contributed by atoms with van der Waals surface area (Å²) in [6.45, 7) is 13.9. The third-order valence-corrected chi connectivity index (χ3v) is 5.88. The third kappa shape index (κ3) is 7.10. The molecule has 1 saturated heterocycles. The van der Waals surface area contributed by atoms with Gasteiger partial charge in [0, 0.05) is 44.3 Å². The molecule has 0 spiro atoms. The Morgan fingerprint density at radius 3 is 2.68 bits per heavy atom. The Hall–Kier alpha value is -1.59. The molecule has 28 heavy (non-hydrogen) atoms. The first-order valence-corrected chi connectivity index (χ1v) is 10.7. The molecule has 2 unspecified atom stereocenters. The Bertz CT molecular complexity index is 562. The summed E-state index contributed by atoms with van der Waals surface area (Å²) >= 11 is 0. The predicted octanol–water partition coefficient (Wildman–Crippen LogP) is 3.78. The number of hydrogen-bond donors (Lipinski definition) is 0. The van der Waals surface area contributed by atoms with Gasteiger partial charge in [-0.25, -0.2) is 0 Å². The molecule has 5 nitrogen and oxygen atoms in total. The number of piperazine rings is 1. The van der Waals surface area contributed by atoms with Gasteiger partial charge >= 0.3 is 5.97 Å². The molecule has 0 amide bonds. The summed E-state index contributed by atoms with van der Waals surface area (Å²) < 4.78 is 11.0. The zero-order chi connectivity index (χ0) is 20.4. The van der Waals surface area contributed by atoms with Crippen molar-refractivity contribution in [2.24, 2.45) is 5.92 Å². The van der Waals surface area contributed by atoms with Gasteiger partial charge in [0.2, 0.25) is 0 Å². The summed E-state index contributed by atoms with van der Waals surface area (Å²) in [6.07, 6.45) is 11.5. The highest BCUT2D eigenvalue weighted by molar-refractivity contribution is 5.69. The standard InChI is InChI=1S/C23H38N2O3/c1-5-7-8-20(6-2)18-28-22-10-9-21(17-19(22)3)25-15-13-24(14-16-25)12-11-23(26)27-4/h5,8,17,19,22H,1,6-7,9-16,18H2,2-4H3. The number of ether oxygens (including phenoxy) is 2. The first kappa shape index (κ1) is 22.7. The average molecular weight is 391 g/mol. The molecular weight excluding hydrogens is 352 g/mol. The first-order valence-electron chi connectivity index (χ1n) is 10.7. The quantitative estimate of drug-likeness (QED) is 0.419. The van der Waals surface area contributed by atoms with Gasteiger partial charge in [0.1, 0.15) is 0 Å². The van der Waals surface area contributed by atoms with E-state index >= 15 is 0 Å². The van der Waals surface area contributed by atoms with Crippen LogP contribution in [-0.4, -0.2) is 68.3 Å².